The second-order valence-electron chi connectivity index (χ2n) is 6.43. The van der Waals surface area contributed by atoms with Crippen LogP contribution in [0.15, 0.2) is 35.4 Å². The van der Waals surface area contributed by atoms with Gasteiger partial charge in [0.1, 0.15) is 19.3 Å². The van der Waals surface area contributed by atoms with Gasteiger partial charge in [0.05, 0.1) is 18.6 Å². The van der Waals surface area contributed by atoms with Crippen LogP contribution in [0, 0.1) is 0 Å². The summed E-state index contributed by atoms with van der Waals surface area (Å²) in [4.78, 5) is 8.24. The Morgan fingerprint density at radius 2 is 2.00 bits per heavy atom. The first-order valence-corrected chi connectivity index (χ1v) is 10.4. The maximum absolute atomic E-state index is 13.1. The van der Waals surface area contributed by atoms with E-state index >= 15 is 0 Å². The van der Waals surface area contributed by atoms with Crippen LogP contribution < -0.4 is 18.9 Å². The van der Waals surface area contributed by atoms with Crippen molar-refractivity contribution in [2.75, 3.05) is 33.4 Å². The van der Waals surface area contributed by atoms with Gasteiger partial charge < -0.3 is 18.9 Å². The first-order chi connectivity index (χ1) is 13.6. The Morgan fingerprint density at radius 3 is 2.82 bits per heavy atom. The quantitative estimate of drug-likeness (QED) is 0.735. The smallest absolute Gasteiger partial charge is 0.319 e. The maximum atomic E-state index is 13.1. The number of piperidine rings is 1. The molecule has 1 atom stereocenters. The van der Waals surface area contributed by atoms with E-state index in [9.17, 15) is 8.42 Å². The van der Waals surface area contributed by atoms with Gasteiger partial charge in [-0.1, -0.05) is 0 Å². The number of aromatic nitrogens is 2. The molecule has 9 nitrogen and oxygen atoms in total. The number of hydrogen-bond donors (Lipinski definition) is 0. The lowest BCUT2D eigenvalue weighted by Gasteiger charge is -2.32. The van der Waals surface area contributed by atoms with E-state index in [1.807, 2.05) is 0 Å². The zero-order valence-corrected chi connectivity index (χ0v) is 16.2. The molecule has 1 saturated heterocycles. The number of ether oxygens (including phenoxy) is 4. The summed E-state index contributed by atoms with van der Waals surface area (Å²) >= 11 is 0. The highest BCUT2D eigenvalue weighted by Crippen LogP contribution is 2.33. The zero-order valence-electron chi connectivity index (χ0n) is 15.4. The predicted molar refractivity (Wildman–Crippen MR) is 98.4 cm³/mol. The molecule has 3 heterocycles. The van der Waals surface area contributed by atoms with Gasteiger partial charge in [-0.2, -0.15) is 9.29 Å². The van der Waals surface area contributed by atoms with Gasteiger partial charge in [0.15, 0.2) is 11.5 Å². The summed E-state index contributed by atoms with van der Waals surface area (Å²) in [6, 6.07) is 6.52. The Morgan fingerprint density at radius 1 is 1.18 bits per heavy atom. The minimum absolute atomic E-state index is 0.182. The van der Waals surface area contributed by atoms with Crippen molar-refractivity contribution in [2.45, 2.75) is 23.8 Å². The Labute approximate surface area is 163 Å². The number of sulfonamides is 1. The predicted octanol–water partition coefficient (Wildman–Crippen LogP) is 1.49. The number of nitrogens with zero attached hydrogens (tertiary/aromatic N) is 3. The van der Waals surface area contributed by atoms with Gasteiger partial charge in [0.25, 0.3) is 0 Å². The summed E-state index contributed by atoms with van der Waals surface area (Å²) in [6.45, 7) is 1.53. The SMILES string of the molecule is COc1nccc(OC2CCCN(S(=O)(=O)c3ccc4c(c3)OCCO4)C2)n1. The van der Waals surface area contributed by atoms with Crippen LogP contribution >= 0.6 is 0 Å². The normalized spacial score (nSPS) is 19.8. The lowest BCUT2D eigenvalue weighted by atomic mass is 10.1. The molecule has 1 aromatic heterocycles. The third-order valence-electron chi connectivity index (χ3n) is 4.57. The number of methoxy groups -OCH3 is 1. The fourth-order valence-corrected chi connectivity index (χ4v) is 4.74. The summed E-state index contributed by atoms with van der Waals surface area (Å²) < 4.78 is 49.5. The van der Waals surface area contributed by atoms with Gasteiger partial charge in [-0.05, 0) is 25.0 Å². The second-order valence-corrected chi connectivity index (χ2v) is 8.37. The molecule has 0 radical (unpaired) electrons. The average Bonchev–Trinajstić information content (AvgIpc) is 2.73. The summed E-state index contributed by atoms with van der Waals surface area (Å²) in [7, 11) is -2.20. The number of rotatable bonds is 5. The van der Waals surface area contributed by atoms with E-state index in [2.05, 4.69) is 9.97 Å². The number of benzene rings is 1. The molecule has 0 bridgehead atoms. The molecular weight excluding hydrogens is 386 g/mol. The molecule has 2 aliphatic rings. The molecule has 0 spiro atoms. The third kappa shape index (κ3) is 3.83. The van der Waals surface area contributed by atoms with Crippen LogP contribution in [-0.2, 0) is 10.0 Å². The van der Waals surface area contributed by atoms with Crippen LogP contribution in [0.5, 0.6) is 23.4 Å². The molecule has 150 valence electrons. The minimum atomic E-state index is -3.67. The van der Waals surface area contributed by atoms with E-state index in [1.54, 1.807) is 18.2 Å². The van der Waals surface area contributed by atoms with Crippen LogP contribution in [0.4, 0.5) is 0 Å². The van der Waals surface area contributed by atoms with Crippen molar-refractivity contribution in [1.82, 2.24) is 14.3 Å². The lowest BCUT2D eigenvalue weighted by Crippen LogP contribution is -2.44. The summed E-state index contributed by atoms with van der Waals surface area (Å²) in [6.07, 6.45) is 2.66. The van der Waals surface area contributed by atoms with Crippen molar-refractivity contribution in [3.05, 3.63) is 30.5 Å². The number of fused-ring (bicyclic) bond motifs is 1. The van der Waals surface area contributed by atoms with Crippen molar-refractivity contribution >= 4 is 10.0 Å². The molecule has 28 heavy (non-hydrogen) atoms. The van der Waals surface area contributed by atoms with E-state index < -0.39 is 10.0 Å². The highest BCUT2D eigenvalue weighted by molar-refractivity contribution is 7.89. The Bertz CT molecular complexity index is 952. The molecule has 0 aliphatic carbocycles. The maximum Gasteiger partial charge on any atom is 0.319 e. The third-order valence-corrected chi connectivity index (χ3v) is 6.43. The molecule has 2 aromatic rings. The monoisotopic (exact) mass is 407 g/mol. The Hall–Kier alpha value is -2.59. The molecule has 0 amide bonds. The van der Waals surface area contributed by atoms with Crippen molar-refractivity contribution in [3.63, 3.8) is 0 Å². The first-order valence-electron chi connectivity index (χ1n) is 9.00. The van der Waals surface area contributed by atoms with Crippen LogP contribution in [0.2, 0.25) is 0 Å². The lowest BCUT2D eigenvalue weighted by molar-refractivity contribution is 0.123. The van der Waals surface area contributed by atoms with E-state index in [0.717, 1.165) is 6.42 Å². The largest absolute Gasteiger partial charge is 0.486 e. The Kier molecular flexibility index (Phi) is 5.23. The van der Waals surface area contributed by atoms with Crippen LogP contribution in [-0.4, -0.2) is 62.2 Å². The molecule has 10 heteroatoms. The van der Waals surface area contributed by atoms with E-state index in [0.29, 0.717) is 43.6 Å². The summed E-state index contributed by atoms with van der Waals surface area (Å²) in [5.74, 6) is 1.36. The molecule has 0 N–H and O–H groups in total. The van der Waals surface area contributed by atoms with Gasteiger partial charge in [0, 0.05) is 24.9 Å². The van der Waals surface area contributed by atoms with Gasteiger partial charge in [-0.3, -0.25) is 0 Å². The van der Waals surface area contributed by atoms with E-state index in [-0.39, 0.29) is 23.6 Å². The van der Waals surface area contributed by atoms with Crippen LogP contribution in [0.1, 0.15) is 12.8 Å². The summed E-state index contributed by atoms with van der Waals surface area (Å²) in [5, 5.41) is 0. The highest BCUT2D eigenvalue weighted by Gasteiger charge is 2.32. The standard InChI is InChI=1S/C18H21N3O6S/c1-24-18-19-7-6-17(20-18)27-13-3-2-8-21(12-13)28(22,23)14-4-5-15-16(11-14)26-10-9-25-15/h4-7,11,13H,2-3,8-10,12H2,1H3. The number of hydrogen-bond acceptors (Lipinski definition) is 8. The average molecular weight is 407 g/mol. The molecule has 4 rings (SSSR count). The van der Waals surface area contributed by atoms with Crippen molar-refractivity contribution in [1.29, 1.82) is 0 Å². The molecule has 0 saturated carbocycles. The highest BCUT2D eigenvalue weighted by atomic mass is 32.2. The van der Waals surface area contributed by atoms with Crippen molar-refractivity contribution in [2.24, 2.45) is 0 Å². The minimum Gasteiger partial charge on any atom is -0.486 e. The molecular formula is C18H21N3O6S. The van der Waals surface area contributed by atoms with E-state index in [4.69, 9.17) is 18.9 Å². The zero-order chi connectivity index (χ0) is 19.6. The van der Waals surface area contributed by atoms with Crippen molar-refractivity contribution in [3.8, 4) is 23.4 Å². The van der Waals surface area contributed by atoms with Crippen LogP contribution in [0.3, 0.4) is 0 Å². The molecule has 1 unspecified atom stereocenters. The van der Waals surface area contributed by atoms with Crippen molar-refractivity contribution < 1.29 is 27.4 Å². The molecule has 2 aliphatic heterocycles. The molecule has 1 aromatic carbocycles. The second kappa shape index (κ2) is 7.80. The first kappa shape index (κ1) is 18.8. The van der Waals surface area contributed by atoms with Crippen LogP contribution in [0.25, 0.3) is 0 Å². The fraction of sp³-hybridized carbons (Fsp3) is 0.444. The Balaban J connectivity index is 1.50. The fourth-order valence-electron chi connectivity index (χ4n) is 3.21. The summed E-state index contributed by atoms with van der Waals surface area (Å²) in [5.41, 5.74) is 0. The van der Waals surface area contributed by atoms with Gasteiger partial charge in [-0.15, -0.1) is 0 Å². The van der Waals surface area contributed by atoms with Gasteiger partial charge >= 0.3 is 6.01 Å². The topological polar surface area (TPSA) is 100 Å². The van der Waals surface area contributed by atoms with Gasteiger partial charge in [-0.25, -0.2) is 13.4 Å². The van der Waals surface area contributed by atoms with E-state index in [1.165, 1.54) is 23.7 Å². The molecule has 1 fully saturated rings. The van der Waals surface area contributed by atoms with Gasteiger partial charge in [0.2, 0.25) is 15.9 Å².